The molecule has 6 heteroatoms. The molecule has 0 saturated carbocycles. The second kappa shape index (κ2) is 7.18. The number of aromatic nitrogens is 2. The zero-order chi connectivity index (χ0) is 14.2. The highest BCUT2D eigenvalue weighted by atomic mass is 19.1. The van der Waals surface area contributed by atoms with Gasteiger partial charge in [0.25, 0.3) is 5.91 Å². The van der Waals surface area contributed by atoms with Crippen LogP contribution in [-0.2, 0) is 11.2 Å². The van der Waals surface area contributed by atoms with E-state index < -0.39 is 5.82 Å². The van der Waals surface area contributed by atoms with Crippen LogP contribution in [0.2, 0.25) is 0 Å². The van der Waals surface area contributed by atoms with Gasteiger partial charge in [-0.25, -0.2) is 14.4 Å². The van der Waals surface area contributed by atoms with Crippen LogP contribution in [0.25, 0.3) is 0 Å². The fourth-order valence-electron chi connectivity index (χ4n) is 1.56. The summed E-state index contributed by atoms with van der Waals surface area (Å²) in [4.78, 5) is 19.3. The number of carbonyl (C=O) groups is 1. The summed E-state index contributed by atoms with van der Waals surface area (Å²) in [5.74, 6) is -0.717. The third-order valence-corrected chi connectivity index (χ3v) is 2.55. The van der Waals surface area contributed by atoms with Crippen molar-refractivity contribution in [3.8, 4) is 5.75 Å². The van der Waals surface area contributed by atoms with Gasteiger partial charge in [-0.2, -0.15) is 0 Å². The molecule has 5 nitrogen and oxygen atoms in total. The Hall–Kier alpha value is -2.50. The van der Waals surface area contributed by atoms with Crippen molar-refractivity contribution in [3.05, 3.63) is 54.4 Å². The Morgan fingerprint density at radius 1 is 1.25 bits per heavy atom. The van der Waals surface area contributed by atoms with E-state index in [1.54, 1.807) is 24.5 Å². The van der Waals surface area contributed by atoms with Crippen LogP contribution in [0.15, 0.2) is 43.0 Å². The molecule has 0 radical (unpaired) electrons. The Balaban J connectivity index is 1.70. The molecule has 20 heavy (non-hydrogen) atoms. The number of para-hydroxylation sites is 1. The molecular formula is C14H14FN3O2. The molecular weight excluding hydrogens is 261 g/mol. The highest BCUT2D eigenvalue weighted by Gasteiger charge is 2.05. The first-order chi connectivity index (χ1) is 9.75. The van der Waals surface area contributed by atoms with Gasteiger partial charge in [0.2, 0.25) is 0 Å². The summed E-state index contributed by atoms with van der Waals surface area (Å²) in [5, 5.41) is 2.68. The van der Waals surface area contributed by atoms with E-state index in [1.165, 1.54) is 18.5 Å². The highest BCUT2D eigenvalue weighted by molar-refractivity contribution is 5.77. The number of amides is 1. The number of nitrogens with zero attached hydrogens (tertiary/aromatic N) is 2. The smallest absolute Gasteiger partial charge is 0.257 e. The molecule has 1 N–H and O–H groups in total. The summed E-state index contributed by atoms with van der Waals surface area (Å²) in [7, 11) is 0. The van der Waals surface area contributed by atoms with E-state index in [2.05, 4.69) is 15.3 Å². The maximum absolute atomic E-state index is 13.2. The lowest BCUT2D eigenvalue weighted by Gasteiger charge is -2.07. The second-order valence-corrected chi connectivity index (χ2v) is 4.07. The van der Waals surface area contributed by atoms with E-state index in [0.29, 0.717) is 13.0 Å². The fourth-order valence-corrected chi connectivity index (χ4v) is 1.56. The zero-order valence-corrected chi connectivity index (χ0v) is 10.8. The van der Waals surface area contributed by atoms with Crippen LogP contribution in [0.3, 0.4) is 0 Å². The monoisotopic (exact) mass is 275 g/mol. The van der Waals surface area contributed by atoms with Gasteiger partial charge < -0.3 is 10.1 Å². The molecule has 0 bridgehead atoms. The van der Waals surface area contributed by atoms with Gasteiger partial charge in [0, 0.05) is 18.9 Å². The minimum Gasteiger partial charge on any atom is -0.481 e. The molecule has 104 valence electrons. The number of carbonyl (C=O) groups excluding carboxylic acids is 1. The quantitative estimate of drug-likeness (QED) is 0.864. The standard InChI is InChI=1S/C14H14FN3O2/c15-12-3-1-2-4-13(12)20-9-14(19)18-6-5-11-7-16-10-17-8-11/h1-4,7-8,10H,5-6,9H2,(H,18,19). The molecule has 2 aromatic rings. The Labute approximate surface area is 115 Å². The maximum Gasteiger partial charge on any atom is 0.257 e. The summed E-state index contributed by atoms with van der Waals surface area (Å²) in [5.41, 5.74) is 0.933. The van der Waals surface area contributed by atoms with Crippen molar-refractivity contribution in [3.63, 3.8) is 0 Å². The molecule has 1 heterocycles. The van der Waals surface area contributed by atoms with E-state index in [4.69, 9.17) is 4.74 Å². The Morgan fingerprint density at radius 2 is 2.00 bits per heavy atom. The number of hydrogen-bond donors (Lipinski definition) is 1. The van der Waals surface area contributed by atoms with Gasteiger partial charge in [0.15, 0.2) is 18.2 Å². The molecule has 0 spiro atoms. The molecule has 1 aromatic carbocycles. The number of rotatable bonds is 6. The first kappa shape index (κ1) is 13.9. The minimum atomic E-state index is -0.485. The van der Waals surface area contributed by atoms with E-state index >= 15 is 0 Å². The van der Waals surface area contributed by atoms with Crippen LogP contribution < -0.4 is 10.1 Å². The predicted molar refractivity (Wildman–Crippen MR) is 70.6 cm³/mol. The Morgan fingerprint density at radius 3 is 2.75 bits per heavy atom. The number of nitrogens with one attached hydrogen (secondary N) is 1. The average Bonchev–Trinajstić information content (AvgIpc) is 2.47. The molecule has 1 amide bonds. The molecule has 1 aromatic heterocycles. The summed E-state index contributed by atoms with van der Waals surface area (Å²) in [6.45, 7) is 0.235. The van der Waals surface area contributed by atoms with Crippen LogP contribution in [0.4, 0.5) is 4.39 Å². The summed E-state index contributed by atoms with van der Waals surface area (Å²) in [6.07, 6.45) is 5.46. The van der Waals surface area contributed by atoms with Gasteiger partial charge in [-0.3, -0.25) is 4.79 Å². The molecule has 0 aliphatic heterocycles. The van der Waals surface area contributed by atoms with Crippen LogP contribution in [-0.4, -0.2) is 29.0 Å². The summed E-state index contributed by atoms with van der Waals surface area (Å²) in [6, 6.07) is 5.96. The topological polar surface area (TPSA) is 64.1 Å². The first-order valence-electron chi connectivity index (χ1n) is 6.13. The van der Waals surface area contributed by atoms with E-state index in [9.17, 15) is 9.18 Å². The van der Waals surface area contributed by atoms with Crippen molar-refractivity contribution in [1.82, 2.24) is 15.3 Å². The van der Waals surface area contributed by atoms with E-state index in [0.717, 1.165) is 5.56 Å². The molecule has 0 atom stereocenters. The van der Waals surface area contributed by atoms with Crippen molar-refractivity contribution < 1.29 is 13.9 Å². The molecule has 0 aliphatic rings. The second-order valence-electron chi connectivity index (χ2n) is 4.07. The number of halogens is 1. The number of benzene rings is 1. The molecule has 0 saturated heterocycles. The van der Waals surface area contributed by atoms with Gasteiger partial charge >= 0.3 is 0 Å². The average molecular weight is 275 g/mol. The van der Waals surface area contributed by atoms with Crippen molar-refractivity contribution in [2.24, 2.45) is 0 Å². The van der Waals surface area contributed by atoms with Crippen LogP contribution >= 0.6 is 0 Å². The normalized spacial score (nSPS) is 10.1. The lowest BCUT2D eigenvalue weighted by atomic mass is 10.2. The number of hydrogen-bond acceptors (Lipinski definition) is 4. The SMILES string of the molecule is O=C(COc1ccccc1F)NCCc1cncnc1. The molecule has 0 fully saturated rings. The van der Waals surface area contributed by atoms with Crippen LogP contribution in [0.5, 0.6) is 5.75 Å². The fraction of sp³-hybridized carbons (Fsp3) is 0.214. The first-order valence-corrected chi connectivity index (χ1v) is 6.13. The van der Waals surface area contributed by atoms with Crippen molar-refractivity contribution in [1.29, 1.82) is 0 Å². The Bertz CT molecular complexity index is 563. The maximum atomic E-state index is 13.2. The van der Waals surface area contributed by atoms with Crippen molar-refractivity contribution >= 4 is 5.91 Å². The van der Waals surface area contributed by atoms with Gasteiger partial charge in [-0.15, -0.1) is 0 Å². The van der Waals surface area contributed by atoms with Crippen LogP contribution in [0, 0.1) is 5.82 Å². The van der Waals surface area contributed by atoms with Crippen LogP contribution in [0.1, 0.15) is 5.56 Å². The van der Waals surface area contributed by atoms with E-state index in [-0.39, 0.29) is 18.3 Å². The third-order valence-electron chi connectivity index (χ3n) is 2.55. The van der Waals surface area contributed by atoms with E-state index in [1.807, 2.05) is 0 Å². The largest absolute Gasteiger partial charge is 0.481 e. The van der Waals surface area contributed by atoms with Crippen molar-refractivity contribution in [2.75, 3.05) is 13.2 Å². The lowest BCUT2D eigenvalue weighted by Crippen LogP contribution is -2.30. The summed E-state index contributed by atoms with van der Waals surface area (Å²) < 4.78 is 18.3. The molecule has 2 rings (SSSR count). The predicted octanol–water partition coefficient (Wildman–Crippen LogP) is 1.35. The molecule has 0 aliphatic carbocycles. The Kier molecular flexibility index (Phi) is 5.00. The zero-order valence-electron chi connectivity index (χ0n) is 10.8. The van der Waals surface area contributed by atoms with Gasteiger partial charge in [0.05, 0.1) is 0 Å². The molecule has 0 unspecified atom stereocenters. The highest BCUT2D eigenvalue weighted by Crippen LogP contribution is 2.14. The number of ether oxygens (including phenoxy) is 1. The summed E-state index contributed by atoms with van der Waals surface area (Å²) >= 11 is 0. The third kappa shape index (κ3) is 4.31. The lowest BCUT2D eigenvalue weighted by molar-refractivity contribution is -0.123. The van der Waals surface area contributed by atoms with Gasteiger partial charge in [0.1, 0.15) is 6.33 Å². The minimum absolute atomic E-state index is 0.0686. The van der Waals surface area contributed by atoms with Gasteiger partial charge in [-0.05, 0) is 24.1 Å². The van der Waals surface area contributed by atoms with Gasteiger partial charge in [-0.1, -0.05) is 12.1 Å². The van der Waals surface area contributed by atoms with Crippen molar-refractivity contribution in [2.45, 2.75) is 6.42 Å².